The first kappa shape index (κ1) is 19.4. The Bertz CT molecular complexity index is 1230. The van der Waals surface area contributed by atoms with Gasteiger partial charge in [-0.25, -0.2) is 13.4 Å². The van der Waals surface area contributed by atoms with E-state index < -0.39 is 10.0 Å². The summed E-state index contributed by atoms with van der Waals surface area (Å²) >= 11 is 7.48. The van der Waals surface area contributed by atoms with Crippen LogP contribution in [-0.4, -0.2) is 18.4 Å². The van der Waals surface area contributed by atoms with Gasteiger partial charge in [-0.2, -0.15) is 0 Å². The number of nitrogens with one attached hydrogen (secondary N) is 2. The summed E-state index contributed by atoms with van der Waals surface area (Å²) in [5.74, 6) is 0. The highest BCUT2D eigenvalue weighted by Gasteiger charge is 2.17. The number of thiazole rings is 1. The second-order valence-corrected chi connectivity index (χ2v) is 8.93. The zero-order valence-corrected chi connectivity index (χ0v) is 17.3. The van der Waals surface area contributed by atoms with Gasteiger partial charge in [0.2, 0.25) is 0 Å². The van der Waals surface area contributed by atoms with E-state index in [2.05, 4.69) is 20.0 Å². The summed E-state index contributed by atoms with van der Waals surface area (Å²) in [7, 11) is -3.76. The number of sulfonamides is 1. The Morgan fingerprint density at radius 1 is 0.897 bits per heavy atom. The fraction of sp³-hybridized carbons (Fsp3) is 0. The Morgan fingerprint density at radius 3 is 2.31 bits per heavy atom. The predicted octanol–water partition coefficient (Wildman–Crippen LogP) is 5.40. The molecule has 0 radical (unpaired) electrons. The molecule has 0 aliphatic rings. The van der Waals surface area contributed by atoms with Crippen molar-refractivity contribution in [1.29, 1.82) is 0 Å². The molecule has 0 fully saturated rings. The Balaban J connectivity index is 1.46. The molecule has 0 amide bonds. The maximum absolute atomic E-state index is 12.5. The highest BCUT2D eigenvalue weighted by molar-refractivity contribution is 7.92. The van der Waals surface area contributed by atoms with E-state index in [-0.39, 0.29) is 9.92 Å². The number of rotatable bonds is 6. The normalized spacial score (nSPS) is 11.2. The molecule has 2 aromatic carbocycles. The second kappa shape index (κ2) is 8.20. The van der Waals surface area contributed by atoms with Crippen LogP contribution in [0.1, 0.15) is 0 Å². The van der Waals surface area contributed by atoms with Crippen LogP contribution in [0.4, 0.5) is 16.5 Å². The van der Waals surface area contributed by atoms with Gasteiger partial charge in [-0.3, -0.25) is 9.71 Å². The molecule has 4 rings (SSSR count). The molecule has 0 spiro atoms. The van der Waals surface area contributed by atoms with Crippen LogP contribution in [0.2, 0.25) is 5.02 Å². The average Bonchev–Trinajstić information content (AvgIpc) is 3.19. The molecule has 29 heavy (non-hydrogen) atoms. The summed E-state index contributed by atoms with van der Waals surface area (Å²) in [4.78, 5) is 8.60. The number of hydrogen-bond acceptors (Lipinski definition) is 6. The van der Waals surface area contributed by atoms with E-state index in [9.17, 15) is 8.42 Å². The number of halogens is 1. The smallest absolute Gasteiger partial charge is 0.263 e. The molecule has 2 N–H and O–H groups in total. The zero-order valence-electron chi connectivity index (χ0n) is 14.9. The minimum absolute atomic E-state index is 0.0373. The third kappa shape index (κ3) is 4.56. The molecule has 0 aliphatic carbocycles. The lowest BCUT2D eigenvalue weighted by Crippen LogP contribution is -2.13. The van der Waals surface area contributed by atoms with E-state index in [1.165, 1.54) is 23.5 Å². The number of nitrogens with zero attached hydrogens (tertiary/aromatic N) is 2. The van der Waals surface area contributed by atoms with Crippen LogP contribution in [0.5, 0.6) is 0 Å². The first-order chi connectivity index (χ1) is 14.0. The van der Waals surface area contributed by atoms with Gasteiger partial charge in [-0.05, 0) is 48.5 Å². The standard InChI is InChI=1S/C20H15ClN4O2S2/c21-17-3-1-2-4-19(17)29(26,27)25-16-7-5-15(6-8-16)23-20-24-18(13-28-20)14-9-11-22-12-10-14/h1-13,25H,(H,23,24). The van der Waals surface area contributed by atoms with Gasteiger partial charge in [-0.1, -0.05) is 23.7 Å². The molecule has 146 valence electrons. The maximum atomic E-state index is 12.5. The van der Waals surface area contributed by atoms with E-state index in [1.807, 2.05) is 17.5 Å². The van der Waals surface area contributed by atoms with Crippen molar-refractivity contribution in [1.82, 2.24) is 9.97 Å². The number of pyridine rings is 1. The first-order valence-electron chi connectivity index (χ1n) is 8.52. The van der Waals surface area contributed by atoms with Crippen molar-refractivity contribution in [3.05, 3.63) is 83.5 Å². The van der Waals surface area contributed by atoms with Crippen molar-refractivity contribution >= 4 is 49.5 Å². The van der Waals surface area contributed by atoms with Gasteiger partial charge in [-0.15, -0.1) is 11.3 Å². The molecule has 6 nitrogen and oxygen atoms in total. The molecule has 0 bridgehead atoms. The van der Waals surface area contributed by atoms with E-state index in [0.29, 0.717) is 5.69 Å². The SMILES string of the molecule is O=S(=O)(Nc1ccc(Nc2nc(-c3ccncc3)cs2)cc1)c1ccccc1Cl. The molecular weight excluding hydrogens is 428 g/mol. The highest BCUT2D eigenvalue weighted by Crippen LogP contribution is 2.28. The van der Waals surface area contributed by atoms with Gasteiger partial charge >= 0.3 is 0 Å². The van der Waals surface area contributed by atoms with Crippen LogP contribution in [0.25, 0.3) is 11.3 Å². The lowest BCUT2D eigenvalue weighted by Gasteiger charge is -2.10. The summed E-state index contributed by atoms with van der Waals surface area (Å²) in [6, 6.07) is 17.0. The van der Waals surface area contributed by atoms with Crippen molar-refractivity contribution in [2.45, 2.75) is 4.90 Å². The Labute approximate surface area is 177 Å². The van der Waals surface area contributed by atoms with Crippen LogP contribution >= 0.6 is 22.9 Å². The van der Waals surface area contributed by atoms with E-state index in [1.54, 1.807) is 48.8 Å². The van der Waals surface area contributed by atoms with Gasteiger partial charge in [0.15, 0.2) is 5.13 Å². The fourth-order valence-corrected chi connectivity index (χ4v) is 4.92. The number of anilines is 3. The van der Waals surface area contributed by atoms with Crippen molar-refractivity contribution in [3.63, 3.8) is 0 Å². The molecule has 0 unspecified atom stereocenters. The average molecular weight is 443 g/mol. The summed E-state index contributed by atoms with van der Waals surface area (Å²) < 4.78 is 27.6. The summed E-state index contributed by atoms with van der Waals surface area (Å²) in [5.41, 5.74) is 3.09. The summed E-state index contributed by atoms with van der Waals surface area (Å²) in [5, 5.41) is 6.09. The molecule has 4 aromatic rings. The monoisotopic (exact) mass is 442 g/mol. The summed E-state index contributed by atoms with van der Waals surface area (Å²) in [6.45, 7) is 0. The van der Waals surface area contributed by atoms with Crippen molar-refractivity contribution < 1.29 is 8.42 Å². The quantitative estimate of drug-likeness (QED) is 0.417. The first-order valence-corrected chi connectivity index (χ1v) is 11.3. The third-order valence-electron chi connectivity index (χ3n) is 3.99. The molecule has 9 heteroatoms. The highest BCUT2D eigenvalue weighted by atomic mass is 35.5. The van der Waals surface area contributed by atoms with Gasteiger partial charge in [0.25, 0.3) is 10.0 Å². The van der Waals surface area contributed by atoms with Crippen LogP contribution in [0.15, 0.2) is 83.3 Å². The molecular formula is C20H15ClN4O2S2. The van der Waals surface area contributed by atoms with E-state index >= 15 is 0 Å². The minimum atomic E-state index is -3.76. The van der Waals surface area contributed by atoms with Gasteiger partial charge < -0.3 is 5.32 Å². The lowest BCUT2D eigenvalue weighted by molar-refractivity contribution is 0.601. The van der Waals surface area contributed by atoms with Crippen molar-refractivity contribution in [2.24, 2.45) is 0 Å². The van der Waals surface area contributed by atoms with Crippen LogP contribution in [-0.2, 0) is 10.0 Å². The molecule has 0 aliphatic heterocycles. The van der Waals surface area contributed by atoms with E-state index in [0.717, 1.165) is 22.1 Å². The number of benzene rings is 2. The number of hydrogen-bond donors (Lipinski definition) is 2. The summed E-state index contributed by atoms with van der Waals surface area (Å²) in [6.07, 6.45) is 3.45. The van der Waals surface area contributed by atoms with Crippen LogP contribution < -0.4 is 10.0 Å². The molecule has 0 saturated carbocycles. The predicted molar refractivity (Wildman–Crippen MR) is 117 cm³/mol. The largest absolute Gasteiger partial charge is 0.332 e. The molecule has 0 atom stereocenters. The molecule has 2 aromatic heterocycles. The Morgan fingerprint density at radius 2 is 1.59 bits per heavy atom. The van der Waals surface area contributed by atoms with Gasteiger partial charge in [0.05, 0.1) is 10.7 Å². The van der Waals surface area contributed by atoms with Gasteiger partial charge in [0.1, 0.15) is 4.90 Å². The Kier molecular flexibility index (Phi) is 5.48. The minimum Gasteiger partial charge on any atom is -0.332 e. The third-order valence-corrected chi connectivity index (χ3v) is 6.63. The molecule has 0 saturated heterocycles. The van der Waals surface area contributed by atoms with Crippen molar-refractivity contribution in [3.8, 4) is 11.3 Å². The van der Waals surface area contributed by atoms with Gasteiger partial charge in [0, 0.05) is 34.7 Å². The molecule has 2 heterocycles. The maximum Gasteiger partial charge on any atom is 0.263 e. The fourth-order valence-electron chi connectivity index (χ4n) is 2.60. The lowest BCUT2D eigenvalue weighted by atomic mass is 10.2. The number of aromatic nitrogens is 2. The zero-order chi connectivity index (χ0) is 20.3. The Hall–Kier alpha value is -2.94. The van der Waals surface area contributed by atoms with Crippen LogP contribution in [0.3, 0.4) is 0 Å². The van der Waals surface area contributed by atoms with E-state index in [4.69, 9.17) is 11.6 Å². The van der Waals surface area contributed by atoms with Crippen LogP contribution in [0, 0.1) is 0 Å². The second-order valence-electron chi connectivity index (χ2n) is 6.01. The van der Waals surface area contributed by atoms with Crippen molar-refractivity contribution in [2.75, 3.05) is 10.0 Å². The topological polar surface area (TPSA) is 84.0 Å².